The first-order valence-corrected chi connectivity index (χ1v) is 20.6. The number of phenolic OH excluding ortho intramolecular Hbond substituents is 4. The lowest BCUT2D eigenvalue weighted by Crippen LogP contribution is -2.65. The van der Waals surface area contributed by atoms with Crippen LogP contribution in [0.4, 0.5) is 0 Å². The Morgan fingerprint density at radius 1 is 0.662 bits per heavy atom. The molecule has 0 spiro atoms. The highest BCUT2D eigenvalue weighted by Gasteiger charge is 2.53. The number of ether oxygens (including phenoxy) is 8. The van der Waals surface area contributed by atoms with Crippen LogP contribution < -0.4 is 19.6 Å². The maximum atomic E-state index is 14.5. The lowest BCUT2D eigenvalue weighted by molar-refractivity contribution is -0.358. The summed E-state index contributed by atoms with van der Waals surface area (Å²) in [5.41, 5.74) is -1.42. The zero-order chi connectivity index (χ0) is 49.3. The van der Waals surface area contributed by atoms with Crippen LogP contribution in [0.2, 0.25) is 0 Å². The Bertz CT molecular complexity index is 2490. The van der Waals surface area contributed by atoms with Gasteiger partial charge in [-0.2, -0.15) is 0 Å². The molecule has 4 heterocycles. The summed E-state index contributed by atoms with van der Waals surface area (Å²) in [6, 6.07) is 9.22. The fraction of sp³-hybridized carbons (Fsp3) is 0.442. The third-order valence-electron chi connectivity index (χ3n) is 11.3. The lowest BCUT2D eigenvalue weighted by Gasteiger charge is -2.46. The molecule has 3 aromatic carbocycles. The zero-order valence-corrected chi connectivity index (χ0v) is 35.3. The van der Waals surface area contributed by atoms with Gasteiger partial charge < -0.3 is 114 Å². The molecular weight excluding hydrogens is 916 g/mol. The number of methoxy groups -OCH3 is 1. The summed E-state index contributed by atoms with van der Waals surface area (Å²) in [5.74, 6) is -5.21. The molecule has 7 rings (SSSR count). The largest absolute Gasteiger partial charge is 0.508 e. The van der Waals surface area contributed by atoms with Gasteiger partial charge in [-0.25, -0.2) is 4.79 Å². The molecule has 3 fully saturated rings. The van der Waals surface area contributed by atoms with Gasteiger partial charge in [0.2, 0.25) is 29.5 Å². The number of hydrogen-bond acceptors (Lipinski definition) is 25. The first-order chi connectivity index (χ1) is 32.4. The molecule has 14 N–H and O–H groups in total. The molecule has 68 heavy (non-hydrogen) atoms. The maximum absolute atomic E-state index is 14.5. The SMILES string of the molecule is COc1cc(C=CC(=O)O[C@H]2[C@H](O[C@H]3[C@H](Oc4c(-c5ccc(O)cc5)oc5cc(O[C@@H]6O[C@H](CO)[C@@H](O)[C@H](O)[C@H]6O)cc(O)c5c4=O)O[C@H](CO)[C@@H](O)[C@@H]3O)O[C@H](CO)[C@@H](O)[C@@H]2O)cc(O)c1O. The average Bonchev–Trinajstić information content (AvgIpc) is 3.32. The summed E-state index contributed by atoms with van der Waals surface area (Å²) >= 11 is 0. The van der Waals surface area contributed by atoms with Gasteiger partial charge in [-0.15, -0.1) is 0 Å². The number of carbonyl (C=O) groups excluding carboxylic acids is 1. The summed E-state index contributed by atoms with van der Waals surface area (Å²) in [6.45, 7) is -2.70. The quantitative estimate of drug-likeness (QED) is 0.0335. The number of hydrogen-bond donors (Lipinski definition) is 14. The van der Waals surface area contributed by atoms with Crippen molar-refractivity contribution in [2.75, 3.05) is 26.9 Å². The monoisotopic (exact) mass is 964 g/mol. The second-order valence-electron chi connectivity index (χ2n) is 15.7. The van der Waals surface area contributed by atoms with E-state index in [4.69, 9.17) is 42.3 Å². The Morgan fingerprint density at radius 2 is 1.25 bits per heavy atom. The molecule has 0 saturated carbocycles. The molecule has 0 aliphatic carbocycles. The molecule has 3 aliphatic rings. The number of carbonyl (C=O) groups is 1. The fourth-order valence-corrected chi connectivity index (χ4v) is 7.60. The second-order valence-corrected chi connectivity index (χ2v) is 15.7. The van der Waals surface area contributed by atoms with E-state index >= 15 is 0 Å². The minimum atomic E-state index is -2.14. The third-order valence-corrected chi connectivity index (χ3v) is 11.3. The first kappa shape index (κ1) is 50.0. The van der Waals surface area contributed by atoms with Crippen molar-refractivity contribution in [2.24, 2.45) is 0 Å². The zero-order valence-electron chi connectivity index (χ0n) is 35.3. The predicted molar refractivity (Wildman–Crippen MR) is 222 cm³/mol. The van der Waals surface area contributed by atoms with E-state index in [1.165, 1.54) is 37.4 Å². The van der Waals surface area contributed by atoms with E-state index < -0.39 is 163 Å². The van der Waals surface area contributed by atoms with Gasteiger partial charge in [0.25, 0.3) is 0 Å². The minimum Gasteiger partial charge on any atom is -0.508 e. The molecular formula is C43H48O25. The smallest absolute Gasteiger partial charge is 0.331 e. The Hall–Kier alpha value is -5.88. The van der Waals surface area contributed by atoms with Crippen molar-refractivity contribution in [1.29, 1.82) is 0 Å². The van der Waals surface area contributed by atoms with Crippen molar-refractivity contribution in [3.8, 4) is 51.6 Å². The number of aromatic hydroxyl groups is 4. The molecule has 0 amide bonds. The molecule has 3 saturated heterocycles. The molecule has 4 aromatic rings. The van der Waals surface area contributed by atoms with Gasteiger partial charge in [-0.1, -0.05) is 0 Å². The van der Waals surface area contributed by atoms with Crippen molar-refractivity contribution < 1.29 is 119 Å². The Labute approximate surface area is 382 Å². The van der Waals surface area contributed by atoms with Crippen molar-refractivity contribution in [2.45, 2.75) is 92.1 Å². The molecule has 0 unspecified atom stereocenters. The van der Waals surface area contributed by atoms with Crippen LogP contribution >= 0.6 is 0 Å². The molecule has 3 aliphatic heterocycles. The molecule has 370 valence electrons. The van der Waals surface area contributed by atoms with Crippen molar-refractivity contribution in [3.63, 3.8) is 0 Å². The Morgan fingerprint density at radius 3 is 1.87 bits per heavy atom. The van der Waals surface area contributed by atoms with E-state index in [1.807, 2.05) is 0 Å². The number of phenols is 4. The van der Waals surface area contributed by atoms with Crippen LogP contribution in [0.1, 0.15) is 5.56 Å². The summed E-state index contributed by atoms with van der Waals surface area (Å²) in [5, 5.41) is 146. The number of esters is 1. The van der Waals surface area contributed by atoms with Crippen molar-refractivity contribution >= 4 is 23.0 Å². The van der Waals surface area contributed by atoms with Gasteiger partial charge in [-0.05, 0) is 48.0 Å². The van der Waals surface area contributed by atoms with Crippen LogP contribution in [0.3, 0.4) is 0 Å². The van der Waals surface area contributed by atoms with Crippen LogP contribution in [0.15, 0.2) is 63.8 Å². The first-order valence-electron chi connectivity index (χ1n) is 20.6. The topological polar surface area (TPSA) is 404 Å². The number of aliphatic hydroxyl groups is 10. The third kappa shape index (κ3) is 9.98. The summed E-state index contributed by atoms with van der Waals surface area (Å²) in [6.07, 6.45) is -26.3. The molecule has 0 radical (unpaired) electrons. The number of benzene rings is 3. The van der Waals surface area contributed by atoms with E-state index in [1.54, 1.807) is 0 Å². The Kier molecular flexibility index (Phi) is 15.3. The van der Waals surface area contributed by atoms with Gasteiger partial charge >= 0.3 is 5.97 Å². The highest BCUT2D eigenvalue weighted by atomic mass is 16.8. The number of rotatable bonds is 14. The Balaban J connectivity index is 1.24. The van der Waals surface area contributed by atoms with Gasteiger partial charge in [-0.3, -0.25) is 4.79 Å². The molecule has 25 heteroatoms. The van der Waals surface area contributed by atoms with Crippen LogP contribution in [-0.4, -0.2) is 197 Å². The molecule has 15 atom stereocenters. The van der Waals surface area contributed by atoms with E-state index in [0.29, 0.717) is 0 Å². The number of aliphatic hydroxyl groups excluding tert-OH is 10. The summed E-state index contributed by atoms with van der Waals surface area (Å²) < 4.78 is 51.0. The summed E-state index contributed by atoms with van der Waals surface area (Å²) in [4.78, 5) is 27.7. The van der Waals surface area contributed by atoms with E-state index in [0.717, 1.165) is 30.4 Å². The average molecular weight is 965 g/mol. The van der Waals surface area contributed by atoms with Gasteiger partial charge in [0.15, 0.2) is 35.8 Å². The van der Waals surface area contributed by atoms with E-state index in [-0.39, 0.29) is 28.4 Å². The standard InChI is InChI=1S/C43H48O25/c1-60-22-9-15(8-20(49)28(22)51)2-7-26(50)66-39-34(57)30(53)24(13-45)64-42(39)68-40-35(58)31(54)25(14-46)65-43(40)67-38-32(55)27-19(48)10-18(61-41-36(59)33(56)29(52)23(12-44)63-41)11-21(27)62-37(38)16-3-5-17(47)6-4-16/h2-11,23-25,29-31,33-36,39-49,51-54,56-59H,12-14H2,1H3/t23-,24-,25-,29-,30-,31-,33+,34+,35+,36-,39-,40-,41-,42+,43+/m1/s1. The van der Waals surface area contributed by atoms with Crippen molar-refractivity contribution in [1.82, 2.24) is 0 Å². The fourth-order valence-electron chi connectivity index (χ4n) is 7.60. The molecule has 25 nitrogen and oxygen atoms in total. The van der Waals surface area contributed by atoms with E-state index in [2.05, 4.69) is 0 Å². The second kappa shape index (κ2) is 20.8. The van der Waals surface area contributed by atoms with Gasteiger partial charge in [0.1, 0.15) is 89.3 Å². The van der Waals surface area contributed by atoms with Crippen molar-refractivity contribution in [3.05, 3.63) is 70.4 Å². The van der Waals surface area contributed by atoms with Gasteiger partial charge in [0, 0.05) is 23.8 Å². The highest BCUT2D eigenvalue weighted by Crippen LogP contribution is 2.40. The van der Waals surface area contributed by atoms with Crippen LogP contribution in [0, 0.1) is 0 Å². The van der Waals surface area contributed by atoms with Crippen LogP contribution in [0.25, 0.3) is 28.4 Å². The van der Waals surface area contributed by atoms with Crippen LogP contribution in [0.5, 0.6) is 40.2 Å². The van der Waals surface area contributed by atoms with Crippen LogP contribution in [-0.2, 0) is 28.5 Å². The molecule has 0 bridgehead atoms. The predicted octanol–water partition coefficient (Wildman–Crippen LogP) is -3.26. The highest BCUT2D eigenvalue weighted by molar-refractivity contribution is 5.89. The normalized spacial score (nSPS) is 32.0. The maximum Gasteiger partial charge on any atom is 0.331 e. The molecule has 1 aromatic heterocycles. The number of fused-ring (bicyclic) bond motifs is 1. The minimum absolute atomic E-state index is 0.0172. The summed E-state index contributed by atoms with van der Waals surface area (Å²) in [7, 11) is 1.21. The lowest BCUT2D eigenvalue weighted by atomic mass is 9.97. The van der Waals surface area contributed by atoms with E-state index in [9.17, 15) is 81.1 Å². The van der Waals surface area contributed by atoms with Gasteiger partial charge in [0.05, 0.1) is 26.9 Å².